The van der Waals surface area contributed by atoms with Gasteiger partial charge in [0.2, 0.25) is 17.5 Å². The molecule has 0 aliphatic rings. The predicted molar refractivity (Wildman–Crippen MR) is 68.2 cm³/mol. The molecular weight excluding hydrogens is 314 g/mol. The van der Waals surface area contributed by atoms with E-state index >= 15 is 0 Å². The highest BCUT2D eigenvalue weighted by atomic mass is 79.9. The second-order valence-corrected chi connectivity index (χ2v) is 4.95. The number of nitrogens with zero attached hydrogens (tertiary/aromatic N) is 5. The van der Waals surface area contributed by atoms with Crippen LogP contribution in [0.15, 0.2) is 32.1 Å². The Bertz CT molecular complexity index is 701. The summed E-state index contributed by atoms with van der Waals surface area (Å²) >= 11 is 3.20. The molecule has 7 nitrogen and oxygen atoms in total. The Balaban J connectivity index is 1.89. The molecule has 3 rings (SSSR count). The second kappa shape index (κ2) is 4.61. The first-order valence-electron chi connectivity index (χ1n) is 5.58. The van der Waals surface area contributed by atoms with E-state index in [1.807, 2.05) is 20.2 Å². The SMILES string of the molecule is CC(c1cnn(C)c1)c1nc(-c2cc(Br)no2)no1. The van der Waals surface area contributed by atoms with Crippen molar-refractivity contribution in [2.45, 2.75) is 12.8 Å². The molecule has 0 amide bonds. The molecule has 0 aliphatic carbocycles. The van der Waals surface area contributed by atoms with Crippen LogP contribution >= 0.6 is 15.9 Å². The van der Waals surface area contributed by atoms with Crippen LogP contribution in [0.3, 0.4) is 0 Å². The average molecular weight is 324 g/mol. The van der Waals surface area contributed by atoms with Crippen LogP contribution in [-0.4, -0.2) is 25.1 Å². The van der Waals surface area contributed by atoms with E-state index in [1.54, 1.807) is 16.9 Å². The maximum atomic E-state index is 5.25. The fourth-order valence-electron chi connectivity index (χ4n) is 1.68. The lowest BCUT2D eigenvalue weighted by atomic mass is 10.1. The molecule has 98 valence electrons. The molecule has 1 atom stereocenters. The lowest BCUT2D eigenvalue weighted by Gasteiger charge is -2.00. The van der Waals surface area contributed by atoms with Gasteiger partial charge in [-0.15, -0.1) is 0 Å². The lowest BCUT2D eigenvalue weighted by Crippen LogP contribution is -1.95. The van der Waals surface area contributed by atoms with Crippen molar-refractivity contribution in [2.75, 3.05) is 0 Å². The first-order valence-corrected chi connectivity index (χ1v) is 6.37. The van der Waals surface area contributed by atoms with Crippen LogP contribution in [0.4, 0.5) is 0 Å². The third-order valence-corrected chi connectivity index (χ3v) is 3.11. The highest BCUT2D eigenvalue weighted by Gasteiger charge is 2.20. The van der Waals surface area contributed by atoms with Crippen LogP contribution in [0, 0.1) is 0 Å². The predicted octanol–water partition coefficient (Wildman–Crippen LogP) is 2.37. The van der Waals surface area contributed by atoms with Gasteiger partial charge in [0.15, 0.2) is 0 Å². The molecule has 3 aromatic heterocycles. The van der Waals surface area contributed by atoms with Gasteiger partial charge < -0.3 is 9.05 Å². The van der Waals surface area contributed by atoms with E-state index in [0.717, 1.165) is 5.56 Å². The maximum Gasteiger partial charge on any atom is 0.241 e. The second-order valence-electron chi connectivity index (χ2n) is 4.14. The van der Waals surface area contributed by atoms with Crippen LogP contribution in [0.25, 0.3) is 11.6 Å². The third kappa shape index (κ3) is 2.30. The zero-order chi connectivity index (χ0) is 13.4. The first-order chi connectivity index (χ1) is 9.13. The Kier molecular flexibility index (Phi) is 2.94. The van der Waals surface area contributed by atoms with E-state index in [9.17, 15) is 0 Å². The van der Waals surface area contributed by atoms with E-state index in [1.165, 1.54) is 0 Å². The summed E-state index contributed by atoms with van der Waals surface area (Å²) in [5.41, 5.74) is 1.01. The zero-order valence-electron chi connectivity index (χ0n) is 10.2. The van der Waals surface area contributed by atoms with E-state index < -0.39 is 0 Å². The standard InChI is InChI=1S/C11H10BrN5O2/c1-6(7-4-13-17(2)5-7)11-14-10(16-19-11)8-3-9(12)15-18-8/h3-6H,1-2H3. The Morgan fingerprint density at radius 1 is 1.32 bits per heavy atom. The van der Waals surface area contributed by atoms with Gasteiger partial charge in [0, 0.05) is 24.9 Å². The number of aromatic nitrogens is 5. The molecule has 0 N–H and O–H groups in total. The summed E-state index contributed by atoms with van der Waals surface area (Å²) in [5, 5.41) is 11.7. The van der Waals surface area contributed by atoms with Gasteiger partial charge in [-0.25, -0.2) is 0 Å². The average Bonchev–Trinajstić information content (AvgIpc) is 3.07. The molecule has 0 radical (unpaired) electrons. The molecule has 0 spiro atoms. The van der Waals surface area contributed by atoms with Crippen LogP contribution < -0.4 is 0 Å². The molecule has 0 bridgehead atoms. The Labute approximate surface area is 116 Å². The highest BCUT2D eigenvalue weighted by molar-refractivity contribution is 9.10. The smallest absolute Gasteiger partial charge is 0.241 e. The third-order valence-electron chi connectivity index (χ3n) is 2.74. The quantitative estimate of drug-likeness (QED) is 0.735. The number of hydrogen-bond acceptors (Lipinski definition) is 6. The van der Waals surface area contributed by atoms with Crippen LogP contribution in [0.2, 0.25) is 0 Å². The van der Waals surface area contributed by atoms with Crippen LogP contribution in [0.5, 0.6) is 0 Å². The molecule has 0 fully saturated rings. The topological polar surface area (TPSA) is 82.8 Å². The van der Waals surface area contributed by atoms with Crippen molar-refractivity contribution >= 4 is 15.9 Å². The van der Waals surface area contributed by atoms with E-state index in [2.05, 4.69) is 36.3 Å². The summed E-state index contributed by atoms with van der Waals surface area (Å²) in [4.78, 5) is 4.31. The molecule has 0 aromatic carbocycles. The molecule has 0 saturated carbocycles. The van der Waals surface area contributed by atoms with Crippen molar-refractivity contribution in [3.05, 3.63) is 34.5 Å². The number of halogens is 1. The number of aryl methyl sites for hydroxylation is 1. The van der Waals surface area contributed by atoms with E-state index in [0.29, 0.717) is 22.1 Å². The molecule has 8 heteroatoms. The van der Waals surface area contributed by atoms with Crippen molar-refractivity contribution in [1.29, 1.82) is 0 Å². The van der Waals surface area contributed by atoms with Gasteiger partial charge in [0.05, 0.1) is 12.1 Å². The summed E-state index contributed by atoms with van der Waals surface area (Å²) in [7, 11) is 1.86. The largest absolute Gasteiger partial charge is 0.352 e. The normalized spacial score (nSPS) is 12.8. The fourth-order valence-corrected chi connectivity index (χ4v) is 1.96. The minimum Gasteiger partial charge on any atom is -0.352 e. The van der Waals surface area contributed by atoms with Crippen molar-refractivity contribution in [3.63, 3.8) is 0 Å². The Morgan fingerprint density at radius 2 is 2.16 bits per heavy atom. The highest BCUT2D eigenvalue weighted by Crippen LogP contribution is 2.25. The molecule has 0 aliphatic heterocycles. The summed E-state index contributed by atoms with van der Waals surface area (Å²) in [5.74, 6) is 1.32. The molecule has 1 unspecified atom stereocenters. The number of hydrogen-bond donors (Lipinski definition) is 0. The van der Waals surface area contributed by atoms with Gasteiger partial charge in [-0.05, 0) is 22.9 Å². The van der Waals surface area contributed by atoms with Gasteiger partial charge >= 0.3 is 0 Å². The molecule has 3 heterocycles. The summed E-state index contributed by atoms with van der Waals surface area (Å²) in [6.45, 7) is 1.98. The van der Waals surface area contributed by atoms with Crippen molar-refractivity contribution < 1.29 is 9.05 Å². The minimum atomic E-state index is -0.0266. The summed E-state index contributed by atoms with van der Waals surface area (Å²) < 4.78 is 12.6. The van der Waals surface area contributed by atoms with Gasteiger partial charge in [-0.2, -0.15) is 10.1 Å². The van der Waals surface area contributed by atoms with Gasteiger partial charge in [-0.1, -0.05) is 10.3 Å². The first kappa shape index (κ1) is 12.1. The lowest BCUT2D eigenvalue weighted by molar-refractivity contribution is 0.367. The van der Waals surface area contributed by atoms with Crippen LogP contribution in [-0.2, 0) is 7.05 Å². The van der Waals surface area contributed by atoms with Gasteiger partial charge in [-0.3, -0.25) is 4.68 Å². The Hall–Kier alpha value is -1.96. The van der Waals surface area contributed by atoms with Crippen molar-refractivity contribution in [2.24, 2.45) is 7.05 Å². The van der Waals surface area contributed by atoms with E-state index in [4.69, 9.17) is 9.05 Å². The summed E-state index contributed by atoms with van der Waals surface area (Å²) in [6, 6.07) is 1.68. The monoisotopic (exact) mass is 323 g/mol. The Morgan fingerprint density at radius 3 is 2.79 bits per heavy atom. The summed E-state index contributed by atoms with van der Waals surface area (Å²) in [6.07, 6.45) is 3.69. The number of rotatable bonds is 3. The molecular formula is C11H10BrN5O2. The van der Waals surface area contributed by atoms with Crippen molar-refractivity contribution in [3.8, 4) is 11.6 Å². The fraction of sp³-hybridized carbons (Fsp3) is 0.273. The van der Waals surface area contributed by atoms with Crippen molar-refractivity contribution in [1.82, 2.24) is 25.1 Å². The maximum absolute atomic E-state index is 5.25. The molecule has 19 heavy (non-hydrogen) atoms. The van der Waals surface area contributed by atoms with Crippen LogP contribution in [0.1, 0.15) is 24.3 Å². The van der Waals surface area contributed by atoms with E-state index in [-0.39, 0.29) is 5.92 Å². The molecule has 0 saturated heterocycles. The molecule has 3 aromatic rings. The van der Waals surface area contributed by atoms with Gasteiger partial charge in [0.1, 0.15) is 4.60 Å². The van der Waals surface area contributed by atoms with Gasteiger partial charge in [0.25, 0.3) is 0 Å². The zero-order valence-corrected chi connectivity index (χ0v) is 11.8. The minimum absolute atomic E-state index is 0.0266.